The molecule has 1 aromatic heterocycles. The number of nitrogens with zero attached hydrogens (tertiary/aromatic N) is 4. The van der Waals surface area contributed by atoms with E-state index in [1.807, 2.05) is 47.8 Å². The fraction of sp³-hybridized carbons (Fsp3) is 0.250. The van der Waals surface area contributed by atoms with Gasteiger partial charge in [-0.2, -0.15) is 0 Å². The number of ether oxygens (including phenoxy) is 1. The van der Waals surface area contributed by atoms with Gasteiger partial charge in [-0.15, -0.1) is 16.8 Å². The predicted octanol–water partition coefficient (Wildman–Crippen LogP) is 4.10. The molecule has 33 heavy (non-hydrogen) atoms. The van der Waals surface area contributed by atoms with Crippen LogP contribution in [0.15, 0.2) is 66.3 Å². The van der Waals surface area contributed by atoms with Gasteiger partial charge in [0.05, 0.1) is 17.9 Å². The molecule has 0 radical (unpaired) electrons. The van der Waals surface area contributed by atoms with Crippen LogP contribution in [0.2, 0.25) is 0 Å². The van der Waals surface area contributed by atoms with Crippen LogP contribution >= 0.6 is 11.8 Å². The van der Waals surface area contributed by atoms with E-state index in [1.165, 1.54) is 11.8 Å². The van der Waals surface area contributed by atoms with E-state index in [-0.39, 0.29) is 17.6 Å². The SMILES string of the molecule is C=CCn1c(SCC(=O)Nc2ccc(C(=O)OCC)cc2)nnc1-c1cccc(N(C)C)c1. The Morgan fingerprint density at radius 1 is 1.18 bits per heavy atom. The molecule has 0 bridgehead atoms. The molecule has 0 saturated carbocycles. The first-order valence-electron chi connectivity index (χ1n) is 10.4. The first-order valence-corrected chi connectivity index (χ1v) is 11.4. The summed E-state index contributed by atoms with van der Waals surface area (Å²) in [5, 5.41) is 12.1. The van der Waals surface area contributed by atoms with Crippen molar-refractivity contribution in [2.75, 3.05) is 36.7 Å². The van der Waals surface area contributed by atoms with Gasteiger partial charge in [0.1, 0.15) is 0 Å². The number of carbonyl (C=O) groups excluding carboxylic acids is 2. The van der Waals surface area contributed by atoms with E-state index in [1.54, 1.807) is 37.3 Å². The quantitative estimate of drug-likeness (QED) is 0.274. The Balaban J connectivity index is 1.67. The number of aromatic nitrogens is 3. The van der Waals surface area contributed by atoms with Gasteiger partial charge >= 0.3 is 5.97 Å². The van der Waals surface area contributed by atoms with Crippen LogP contribution in [0, 0.1) is 0 Å². The minimum Gasteiger partial charge on any atom is -0.462 e. The van der Waals surface area contributed by atoms with Crippen molar-refractivity contribution in [3.63, 3.8) is 0 Å². The molecule has 172 valence electrons. The Labute approximate surface area is 197 Å². The second-order valence-electron chi connectivity index (χ2n) is 7.28. The molecular weight excluding hydrogens is 438 g/mol. The molecule has 2 aromatic carbocycles. The van der Waals surface area contributed by atoms with Gasteiger partial charge in [-0.25, -0.2) is 4.79 Å². The Bertz CT molecular complexity index is 1130. The number of carbonyl (C=O) groups is 2. The summed E-state index contributed by atoms with van der Waals surface area (Å²) in [5.74, 6) is 0.302. The molecule has 1 N–H and O–H groups in total. The van der Waals surface area contributed by atoms with Crippen molar-refractivity contribution in [3.8, 4) is 11.4 Å². The number of nitrogens with one attached hydrogen (secondary N) is 1. The summed E-state index contributed by atoms with van der Waals surface area (Å²) in [4.78, 5) is 26.2. The Kier molecular flexibility index (Phi) is 8.26. The summed E-state index contributed by atoms with van der Waals surface area (Å²) in [6.07, 6.45) is 1.78. The highest BCUT2D eigenvalue weighted by Crippen LogP contribution is 2.27. The lowest BCUT2D eigenvalue weighted by molar-refractivity contribution is -0.113. The number of rotatable bonds is 10. The molecule has 0 aliphatic heterocycles. The van der Waals surface area contributed by atoms with E-state index in [0.717, 1.165) is 17.1 Å². The standard InChI is InChI=1S/C24H27N5O3S/c1-5-14-29-22(18-8-7-9-20(15-18)28(3)4)26-27-24(29)33-16-21(30)25-19-12-10-17(11-13-19)23(31)32-6-2/h5,7-13,15H,1,6,14,16H2,2-4H3,(H,25,30). The normalized spacial score (nSPS) is 10.5. The molecule has 1 amide bonds. The first-order chi connectivity index (χ1) is 15.9. The van der Waals surface area contributed by atoms with Crippen molar-refractivity contribution in [1.82, 2.24) is 14.8 Å². The lowest BCUT2D eigenvalue weighted by atomic mass is 10.2. The van der Waals surface area contributed by atoms with E-state index in [4.69, 9.17) is 4.74 Å². The monoisotopic (exact) mass is 465 g/mol. The number of benzene rings is 2. The maximum Gasteiger partial charge on any atom is 0.338 e. The number of amides is 1. The van der Waals surface area contributed by atoms with Crippen LogP contribution in [-0.4, -0.2) is 53.1 Å². The van der Waals surface area contributed by atoms with Gasteiger partial charge in [-0.1, -0.05) is 30.0 Å². The van der Waals surface area contributed by atoms with Crippen LogP contribution in [0.3, 0.4) is 0 Å². The molecular formula is C24H27N5O3S. The number of anilines is 2. The maximum absolute atomic E-state index is 12.5. The van der Waals surface area contributed by atoms with Gasteiger partial charge < -0.3 is 15.0 Å². The van der Waals surface area contributed by atoms with Crippen molar-refractivity contribution < 1.29 is 14.3 Å². The molecule has 0 aliphatic carbocycles. The van der Waals surface area contributed by atoms with Crippen molar-refractivity contribution in [2.24, 2.45) is 0 Å². The Hall–Kier alpha value is -3.59. The van der Waals surface area contributed by atoms with E-state index in [9.17, 15) is 9.59 Å². The molecule has 0 aliphatic rings. The smallest absolute Gasteiger partial charge is 0.338 e. The zero-order valence-corrected chi connectivity index (χ0v) is 19.8. The molecule has 1 heterocycles. The van der Waals surface area contributed by atoms with Gasteiger partial charge in [0.15, 0.2) is 11.0 Å². The molecule has 0 saturated heterocycles. The zero-order valence-electron chi connectivity index (χ0n) is 18.9. The van der Waals surface area contributed by atoms with Crippen LogP contribution in [0.5, 0.6) is 0 Å². The summed E-state index contributed by atoms with van der Waals surface area (Å²) in [5.41, 5.74) is 3.03. The molecule has 0 unspecified atom stereocenters. The topological polar surface area (TPSA) is 89.3 Å². The van der Waals surface area contributed by atoms with Crippen LogP contribution in [-0.2, 0) is 16.1 Å². The van der Waals surface area contributed by atoms with Gasteiger partial charge in [0, 0.05) is 37.6 Å². The van der Waals surface area contributed by atoms with Crippen LogP contribution < -0.4 is 10.2 Å². The summed E-state index contributed by atoms with van der Waals surface area (Å²) in [6.45, 7) is 6.42. The van der Waals surface area contributed by atoms with Crippen LogP contribution in [0.4, 0.5) is 11.4 Å². The molecule has 9 heteroatoms. The third-order valence-corrected chi connectivity index (χ3v) is 5.63. The predicted molar refractivity (Wildman–Crippen MR) is 132 cm³/mol. The molecule has 8 nitrogen and oxygen atoms in total. The highest BCUT2D eigenvalue weighted by atomic mass is 32.2. The summed E-state index contributed by atoms with van der Waals surface area (Å²) in [7, 11) is 3.97. The highest BCUT2D eigenvalue weighted by molar-refractivity contribution is 7.99. The number of hydrogen-bond donors (Lipinski definition) is 1. The summed E-state index contributed by atoms with van der Waals surface area (Å²) >= 11 is 1.30. The van der Waals surface area contributed by atoms with Gasteiger partial charge in [0.2, 0.25) is 5.91 Å². The average Bonchev–Trinajstić information content (AvgIpc) is 3.21. The third-order valence-electron chi connectivity index (χ3n) is 4.66. The molecule has 3 aromatic rings. The number of esters is 1. The van der Waals surface area contributed by atoms with Gasteiger partial charge in [0.25, 0.3) is 0 Å². The molecule has 0 atom stereocenters. The summed E-state index contributed by atoms with van der Waals surface area (Å²) in [6, 6.07) is 14.6. The lowest BCUT2D eigenvalue weighted by Gasteiger charge is -2.14. The third kappa shape index (κ3) is 6.23. The van der Waals surface area contributed by atoms with E-state index >= 15 is 0 Å². The highest BCUT2D eigenvalue weighted by Gasteiger charge is 2.16. The largest absolute Gasteiger partial charge is 0.462 e. The summed E-state index contributed by atoms with van der Waals surface area (Å²) < 4.78 is 6.90. The number of hydrogen-bond acceptors (Lipinski definition) is 7. The minimum atomic E-state index is -0.389. The Morgan fingerprint density at radius 2 is 1.94 bits per heavy atom. The first kappa shape index (κ1) is 24.1. The zero-order chi connectivity index (χ0) is 23.8. The molecule has 0 spiro atoms. The fourth-order valence-corrected chi connectivity index (χ4v) is 3.80. The van der Waals surface area contributed by atoms with E-state index in [0.29, 0.717) is 29.6 Å². The number of allylic oxidation sites excluding steroid dienone is 1. The molecule has 3 rings (SSSR count). The fourth-order valence-electron chi connectivity index (χ4n) is 3.06. The minimum absolute atomic E-state index is 0.159. The van der Waals surface area contributed by atoms with E-state index < -0.39 is 0 Å². The second kappa shape index (κ2) is 11.3. The van der Waals surface area contributed by atoms with E-state index in [2.05, 4.69) is 22.1 Å². The van der Waals surface area contributed by atoms with Gasteiger partial charge in [-0.05, 0) is 43.3 Å². The number of thioether (sulfide) groups is 1. The van der Waals surface area contributed by atoms with Crippen LogP contribution in [0.25, 0.3) is 11.4 Å². The van der Waals surface area contributed by atoms with Crippen molar-refractivity contribution in [3.05, 3.63) is 66.7 Å². The van der Waals surface area contributed by atoms with Crippen molar-refractivity contribution in [1.29, 1.82) is 0 Å². The lowest BCUT2D eigenvalue weighted by Crippen LogP contribution is -2.15. The van der Waals surface area contributed by atoms with Gasteiger partial charge in [-0.3, -0.25) is 9.36 Å². The van der Waals surface area contributed by atoms with Crippen molar-refractivity contribution in [2.45, 2.75) is 18.6 Å². The Morgan fingerprint density at radius 3 is 2.61 bits per heavy atom. The van der Waals surface area contributed by atoms with Crippen molar-refractivity contribution >= 4 is 35.0 Å². The second-order valence-corrected chi connectivity index (χ2v) is 8.23. The maximum atomic E-state index is 12.5. The van der Waals surface area contributed by atoms with Crippen LogP contribution in [0.1, 0.15) is 17.3 Å². The average molecular weight is 466 g/mol. The molecule has 0 fully saturated rings.